The number of halogens is 3. The molecule has 2 N–H and O–H groups in total. The van der Waals surface area contributed by atoms with Crippen LogP contribution in [0.15, 0.2) is 60.7 Å². The molecule has 0 fully saturated rings. The first kappa shape index (κ1) is 22.1. The number of amides is 2. The third-order valence-corrected chi connectivity index (χ3v) is 4.87. The van der Waals surface area contributed by atoms with Gasteiger partial charge in [-0.25, -0.2) is 0 Å². The third-order valence-electron chi connectivity index (χ3n) is 4.87. The van der Waals surface area contributed by atoms with E-state index >= 15 is 0 Å². The highest BCUT2D eigenvalue weighted by molar-refractivity contribution is 6.06. The van der Waals surface area contributed by atoms with Gasteiger partial charge in [0.25, 0.3) is 11.8 Å². The molecule has 0 bridgehead atoms. The summed E-state index contributed by atoms with van der Waals surface area (Å²) in [6, 6.07) is 14.9. The Kier molecular flexibility index (Phi) is 6.15. The molecule has 0 aromatic heterocycles. The number of nitrogens with one attached hydrogen (secondary N) is 2. The zero-order chi connectivity index (χ0) is 22.8. The van der Waals surface area contributed by atoms with E-state index in [9.17, 15) is 22.8 Å². The van der Waals surface area contributed by atoms with Crippen LogP contribution in [0.5, 0.6) is 0 Å². The first-order chi connectivity index (χ1) is 14.6. The maximum absolute atomic E-state index is 13.8. The van der Waals surface area contributed by atoms with Crippen molar-refractivity contribution < 1.29 is 22.8 Å². The third kappa shape index (κ3) is 4.94. The Bertz CT molecular complexity index is 1150. The summed E-state index contributed by atoms with van der Waals surface area (Å²) in [5.41, 5.74) is 1.82. The van der Waals surface area contributed by atoms with Crippen molar-refractivity contribution in [2.75, 3.05) is 12.4 Å². The number of hydrogen-bond donors (Lipinski definition) is 2. The Morgan fingerprint density at radius 3 is 2.06 bits per heavy atom. The van der Waals surface area contributed by atoms with Gasteiger partial charge in [0.15, 0.2) is 0 Å². The van der Waals surface area contributed by atoms with E-state index in [0.717, 1.165) is 17.2 Å². The van der Waals surface area contributed by atoms with E-state index in [0.29, 0.717) is 5.56 Å². The van der Waals surface area contributed by atoms with Gasteiger partial charge in [-0.2, -0.15) is 13.2 Å². The Morgan fingerprint density at radius 1 is 0.806 bits per heavy atom. The summed E-state index contributed by atoms with van der Waals surface area (Å²) < 4.78 is 41.4. The van der Waals surface area contributed by atoms with Crippen LogP contribution in [-0.4, -0.2) is 18.9 Å². The highest BCUT2D eigenvalue weighted by Crippen LogP contribution is 2.39. The number of benzene rings is 3. The predicted molar refractivity (Wildman–Crippen MR) is 114 cm³/mol. The topological polar surface area (TPSA) is 58.2 Å². The lowest BCUT2D eigenvalue weighted by Crippen LogP contribution is -2.19. The number of carbonyl (C=O) groups excluding carboxylic acids is 2. The van der Waals surface area contributed by atoms with Gasteiger partial charge in [-0.05, 0) is 60.9 Å². The van der Waals surface area contributed by atoms with Crippen LogP contribution >= 0.6 is 0 Å². The number of rotatable bonds is 4. The lowest BCUT2D eigenvalue weighted by molar-refractivity contribution is -0.137. The lowest BCUT2D eigenvalue weighted by Gasteiger charge is -2.17. The predicted octanol–water partition coefficient (Wildman–Crippen LogP) is 5.60. The molecule has 0 saturated heterocycles. The van der Waals surface area contributed by atoms with Gasteiger partial charge in [0.05, 0.1) is 5.56 Å². The molecule has 0 spiro atoms. The Morgan fingerprint density at radius 2 is 1.45 bits per heavy atom. The van der Waals surface area contributed by atoms with E-state index in [-0.39, 0.29) is 28.3 Å². The second-order valence-corrected chi connectivity index (χ2v) is 7.19. The molecule has 0 saturated carbocycles. The van der Waals surface area contributed by atoms with Crippen LogP contribution in [0.25, 0.3) is 11.1 Å². The monoisotopic (exact) mass is 426 g/mol. The fourth-order valence-corrected chi connectivity index (χ4v) is 3.36. The van der Waals surface area contributed by atoms with Gasteiger partial charge in [-0.3, -0.25) is 9.59 Å². The molecule has 0 aliphatic rings. The molecule has 31 heavy (non-hydrogen) atoms. The summed E-state index contributed by atoms with van der Waals surface area (Å²) in [7, 11) is 1.46. The average Bonchev–Trinajstić information content (AvgIpc) is 2.73. The zero-order valence-corrected chi connectivity index (χ0v) is 17.2. The van der Waals surface area contributed by atoms with Gasteiger partial charge in [0.2, 0.25) is 0 Å². The fraction of sp³-hybridized carbons (Fsp3) is 0.167. The zero-order valence-electron chi connectivity index (χ0n) is 17.2. The van der Waals surface area contributed by atoms with E-state index in [1.807, 2.05) is 13.0 Å². The van der Waals surface area contributed by atoms with Gasteiger partial charge in [-0.15, -0.1) is 0 Å². The number of hydrogen-bond acceptors (Lipinski definition) is 2. The van der Waals surface area contributed by atoms with Gasteiger partial charge in [-0.1, -0.05) is 35.9 Å². The molecular formula is C24H21F3N2O2. The van der Waals surface area contributed by atoms with Crippen LogP contribution in [0.3, 0.4) is 0 Å². The maximum Gasteiger partial charge on any atom is 0.417 e. The highest BCUT2D eigenvalue weighted by Gasteiger charge is 2.34. The van der Waals surface area contributed by atoms with Crippen molar-refractivity contribution in [2.24, 2.45) is 0 Å². The first-order valence-electron chi connectivity index (χ1n) is 9.52. The number of aryl methyl sites for hydroxylation is 2. The summed E-state index contributed by atoms with van der Waals surface area (Å²) in [5.74, 6) is -0.982. The van der Waals surface area contributed by atoms with Gasteiger partial charge >= 0.3 is 6.18 Å². The number of alkyl halides is 3. The van der Waals surface area contributed by atoms with Crippen molar-refractivity contribution in [2.45, 2.75) is 20.0 Å². The minimum Gasteiger partial charge on any atom is -0.355 e. The molecule has 7 heteroatoms. The van der Waals surface area contributed by atoms with E-state index < -0.39 is 17.6 Å². The molecule has 4 nitrogen and oxygen atoms in total. The Balaban J connectivity index is 1.96. The molecule has 3 aromatic carbocycles. The Labute approximate surface area is 178 Å². The van der Waals surface area contributed by atoms with Crippen molar-refractivity contribution in [3.8, 4) is 11.1 Å². The van der Waals surface area contributed by atoms with E-state index in [1.54, 1.807) is 19.1 Å². The van der Waals surface area contributed by atoms with Gasteiger partial charge < -0.3 is 10.6 Å². The van der Waals surface area contributed by atoms with E-state index in [4.69, 9.17) is 0 Å². The molecule has 3 aromatic rings. The summed E-state index contributed by atoms with van der Waals surface area (Å²) >= 11 is 0. The second-order valence-electron chi connectivity index (χ2n) is 7.19. The van der Waals surface area contributed by atoms with Crippen molar-refractivity contribution in [1.82, 2.24) is 5.32 Å². The summed E-state index contributed by atoms with van der Waals surface area (Å²) in [4.78, 5) is 24.3. The SMILES string of the molecule is CNC(=O)c1cccc(C(=O)Nc2ccc(-c3ccc(C)cc3C)c(C(F)(F)F)c2)c1. The van der Waals surface area contributed by atoms with Crippen LogP contribution in [0.4, 0.5) is 18.9 Å². The summed E-state index contributed by atoms with van der Waals surface area (Å²) in [5, 5.41) is 4.94. The molecule has 3 rings (SSSR count). The van der Waals surface area contributed by atoms with Crippen LogP contribution in [-0.2, 0) is 6.18 Å². The van der Waals surface area contributed by atoms with Gasteiger partial charge in [0.1, 0.15) is 0 Å². The van der Waals surface area contributed by atoms with Crippen LogP contribution in [0.1, 0.15) is 37.4 Å². The van der Waals surface area contributed by atoms with Crippen LogP contribution < -0.4 is 10.6 Å². The van der Waals surface area contributed by atoms with Crippen molar-refractivity contribution in [3.63, 3.8) is 0 Å². The molecule has 0 heterocycles. The number of carbonyl (C=O) groups is 2. The van der Waals surface area contributed by atoms with Crippen LogP contribution in [0, 0.1) is 13.8 Å². The highest BCUT2D eigenvalue weighted by atomic mass is 19.4. The van der Waals surface area contributed by atoms with E-state index in [2.05, 4.69) is 10.6 Å². The molecule has 2 amide bonds. The number of anilines is 1. The smallest absolute Gasteiger partial charge is 0.355 e. The molecular weight excluding hydrogens is 405 g/mol. The van der Waals surface area contributed by atoms with Gasteiger partial charge in [0, 0.05) is 23.9 Å². The summed E-state index contributed by atoms with van der Waals surface area (Å²) in [6.07, 6.45) is -4.60. The fourth-order valence-electron chi connectivity index (χ4n) is 3.36. The molecule has 0 unspecified atom stereocenters. The maximum atomic E-state index is 13.8. The lowest BCUT2D eigenvalue weighted by atomic mass is 9.94. The van der Waals surface area contributed by atoms with Crippen molar-refractivity contribution in [1.29, 1.82) is 0 Å². The largest absolute Gasteiger partial charge is 0.417 e. The molecule has 0 radical (unpaired) electrons. The van der Waals surface area contributed by atoms with Crippen molar-refractivity contribution >= 4 is 17.5 Å². The standard InChI is InChI=1S/C24H21F3N2O2/c1-14-7-9-19(15(2)11-14)20-10-8-18(13-21(20)24(25,26)27)29-23(31)17-6-4-5-16(12-17)22(30)28-3/h4-13H,1-3H3,(H,28,30)(H,29,31). The molecule has 0 aliphatic carbocycles. The first-order valence-corrected chi connectivity index (χ1v) is 9.52. The van der Waals surface area contributed by atoms with E-state index in [1.165, 1.54) is 43.4 Å². The van der Waals surface area contributed by atoms with Crippen LogP contribution in [0.2, 0.25) is 0 Å². The molecule has 0 aliphatic heterocycles. The average molecular weight is 426 g/mol. The normalized spacial score (nSPS) is 11.2. The summed E-state index contributed by atoms with van der Waals surface area (Å²) in [6.45, 7) is 3.64. The van der Waals surface area contributed by atoms with Crippen molar-refractivity contribution in [3.05, 3.63) is 88.5 Å². The Hall–Kier alpha value is -3.61. The molecule has 0 atom stereocenters. The second kappa shape index (κ2) is 8.63. The minimum absolute atomic E-state index is 0.0104. The quantitative estimate of drug-likeness (QED) is 0.571. The molecule has 160 valence electrons. The minimum atomic E-state index is -4.60.